The van der Waals surface area contributed by atoms with Gasteiger partial charge in [0.05, 0.1) is 12.7 Å². The zero-order valence-electron chi connectivity index (χ0n) is 11.8. The molecule has 1 amide bonds. The Morgan fingerprint density at radius 2 is 2.05 bits per heavy atom. The van der Waals surface area contributed by atoms with Crippen molar-refractivity contribution in [3.8, 4) is 0 Å². The van der Waals surface area contributed by atoms with Gasteiger partial charge in [0.15, 0.2) is 0 Å². The minimum Gasteiger partial charge on any atom is -0.468 e. The topological polar surface area (TPSA) is 46.6 Å². The van der Waals surface area contributed by atoms with E-state index >= 15 is 0 Å². The lowest BCUT2D eigenvalue weighted by Crippen LogP contribution is -2.42. The highest BCUT2D eigenvalue weighted by atomic mass is 79.9. The number of halogens is 2. The number of rotatable bonds is 4. The van der Waals surface area contributed by atoms with E-state index in [4.69, 9.17) is 16.3 Å². The Morgan fingerprint density at radius 3 is 2.67 bits per heavy atom. The van der Waals surface area contributed by atoms with Crippen LogP contribution in [0.5, 0.6) is 0 Å². The first-order valence-corrected chi connectivity index (χ1v) is 8.03. The summed E-state index contributed by atoms with van der Waals surface area (Å²) in [5.41, 5.74) is 0.471. The Bertz CT molecular complexity index is 544. The van der Waals surface area contributed by atoms with Gasteiger partial charge >= 0.3 is 5.97 Å². The summed E-state index contributed by atoms with van der Waals surface area (Å²) in [6, 6.07) is 5.15. The predicted molar refractivity (Wildman–Crippen MR) is 84.5 cm³/mol. The average Bonchev–Trinajstić information content (AvgIpc) is 3.00. The Labute approximate surface area is 137 Å². The third-order valence-electron chi connectivity index (χ3n) is 3.71. The molecular formula is C15H17BrClNO3. The molecule has 1 aliphatic carbocycles. The fourth-order valence-electron chi connectivity index (χ4n) is 2.60. The monoisotopic (exact) mass is 373 g/mol. The highest BCUT2D eigenvalue weighted by Gasteiger charge is 2.30. The zero-order chi connectivity index (χ0) is 15.4. The average molecular weight is 375 g/mol. The first-order chi connectivity index (χ1) is 10.0. The lowest BCUT2D eigenvalue weighted by atomic mass is 10.1. The number of amides is 1. The van der Waals surface area contributed by atoms with Crippen LogP contribution in [0.2, 0.25) is 5.02 Å². The zero-order valence-corrected chi connectivity index (χ0v) is 14.1. The van der Waals surface area contributed by atoms with Crippen LogP contribution in [0.3, 0.4) is 0 Å². The van der Waals surface area contributed by atoms with Gasteiger partial charge in [-0.3, -0.25) is 9.59 Å². The fourth-order valence-corrected chi connectivity index (χ4v) is 3.19. The van der Waals surface area contributed by atoms with Crippen LogP contribution in [-0.4, -0.2) is 36.5 Å². The number of benzene rings is 1. The Balaban J connectivity index is 2.28. The Morgan fingerprint density at radius 1 is 1.38 bits per heavy atom. The minimum absolute atomic E-state index is 0.0288. The Kier molecular flexibility index (Phi) is 5.65. The van der Waals surface area contributed by atoms with Gasteiger partial charge in [-0.15, -0.1) is 0 Å². The van der Waals surface area contributed by atoms with Gasteiger partial charge in [-0.1, -0.05) is 24.4 Å². The fraction of sp³-hybridized carbons (Fsp3) is 0.467. The van der Waals surface area contributed by atoms with Crippen LogP contribution < -0.4 is 0 Å². The summed E-state index contributed by atoms with van der Waals surface area (Å²) >= 11 is 9.34. The molecule has 0 saturated heterocycles. The van der Waals surface area contributed by atoms with Crippen LogP contribution in [0.4, 0.5) is 0 Å². The van der Waals surface area contributed by atoms with Gasteiger partial charge in [0.25, 0.3) is 5.91 Å². The van der Waals surface area contributed by atoms with Crippen molar-refractivity contribution >= 4 is 39.4 Å². The number of methoxy groups -OCH3 is 1. The van der Waals surface area contributed by atoms with Gasteiger partial charge in [0.1, 0.15) is 6.54 Å². The lowest BCUT2D eigenvalue weighted by molar-refractivity contribution is -0.141. The second-order valence-electron chi connectivity index (χ2n) is 5.07. The number of carbonyl (C=O) groups excluding carboxylic acids is 2. The van der Waals surface area contributed by atoms with E-state index in [2.05, 4.69) is 15.9 Å². The summed E-state index contributed by atoms with van der Waals surface area (Å²) in [5, 5.41) is 0.492. The first kappa shape index (κ1) is 16.3. The molecule has 21 heavy (non-hydrogen) atoms. The van der Waals surface area contributed by atoms with Crippen LogP contribution in [0.25, 0.3) is 0 Å². The van der Waals surface area contributed by atoms with Crippen molar-refractivity contribution in [3.05, 3.63) is 33.3 Å². The van der Waals surface area contributed by atoms with Crippen molar-refractivity contribution in [2.75, 3.05) is 13.7 Å². The molecule has 4 nitrogen and oxygen atoms in total. The molecule has 0 radical (unpaired) electrons. The van der Waals surface area contributed by atoms with Crippen molar-refractivity contribution in [1.82, 2.24) is 4.90 Å². The standard InChI is InChI=1S/C15H17BrClNO3/c1-21-14(19)9-18(11-4-2-3-5-11)15(20)12-8-10(17)6-7-13(12)16/h6-8,11H,2-5,9H2,1H3. The second-order valence-corrected chi connectivity index (χ2v) is 6.36. The summed E-state index contributed by atoms with van der Waals surface area (Å²) in [5.74, 6) is -0.602. The first-order valence-electron chi connectivity index (χ1n) is 6.85. The normalized spacial score (nSPS) is 15.0. The van der Waals surface area contributed by atoms with Crippen LogP contribution in [0, 0.1) is 0 Å². The highest BCUT2D eigenvalue weighted by molar-refractivity contribution is 9.10. The maximum atomic E-state index is 12.8. The summed E-state index contributed by atoms with van der Waals surface area (Å²) in [6.07, 6.45) is 3.99. The second kappa shape index (κ2) is 7.27. The molecule has 0 aliphatic heterocycles. The van der Waals surface area contributed by atoms with E-state index in [1.165, 1.54) is 7.11 Å². The van der Waals surface area contributed by atoms with Crippen LogP contribution in [0.1, 0.15) is 36.0 Å². The maximum absolute atomic E-state index is 12.8. The summed E-state index contributed by atoms with van der Waals surface area (Å²) in [7, 11) is 1.33. The van der Waals surface area contributed by atoms with E-state index in [9.17, 15) is 9.59 Å². The molecule has 1 fully saturated rings. The SMILES string of the molecule is COC(=O)CN(C(=O)c1cc(Cl)ccc1Br)C1CCCC1. The quantitative estimate of drug-likeness (QED) is 0.756. The summed E-state index contributed by atoms with van der Waals surface area (Å²) in [4.78, 5) is 26.0. The van der Waals surface area contributed by atoms with Gasteiger partial charge in [0.2, 0.25) is 0 Å². The molecule has 0 aromatic heterocycles. The third-order valence-corrected chi connectivity index (χ3v) is 4.64. The van der Waals surface area contributed by atoms with Gasteiger partial charge < -0.3 is 9.64 Å². The van der Waals surface area contributed by atoms with E-state index < -0.39 is 5.97 Å². The molecule has 2 rings (SSSR count). The van der Waals surface area contributed by atoms with Gasteiger partial charge in [-0.05, 0) is 47.0 Å². The number of esters is 1. The molecular weight excluding hydrogens is 358 g/mol. The minimum atomic E-state index is -0.409. The molecule has 0 N–H and O–H groups in total. The van der Waals surface area contributed by atoms with Crippen molar-refractivity contribution < 1.29 is 14.3 Å². The molecule has 0 bridgehead atoms. The number of ether oxygens (including phenoxy) is 1. The van der Waals surface area contributed by atoms with Crippen molar-refractivity contribution in [2.24, 2.45) is 0 Å². The summed E-state index contributed by atoms with van der Waals surface area (Å²) < 4.78 is 5.38. The van der Waals surface area contributed by atoms with Gasteiger partial charge in [-0.2, -0.15) is 0 Å². The van der Waals surface area contributed by atoms with E-state index in [0.717, 1.165) is 25.7 Å². The van der Waals surface area contributed by atoms with Crippen LogP contribution in [-0.2, 0) is 9.53 Å². The number of nitrogens with zero attached hydrogens (tertiary/aromatic N) is 1. The molecule has 1 aromatic carbocycles. The molecule has 1 aromatic rings. The van der Waals surface area contributed by atoms with Crippen LogP contribution >= 0.6 is 27.5 Å². The molecule has 1 saturated carbocycles. The molecule has 1 aliphatic rings. The van der Waals surface area contributed by atoms with Crippen molar-refractivity contribution in [3.63, 3.8) is 0 Å². The van der Waals surface area contributed by atoms with E-state index in [1.807, 2.05) is 0 Å². The van der Waals surface area contributed by atoms with Crippen LogP contribution in [0.15, 0.2) is 22.7 Å². The molecule has 0 atom stereocenters. The maximum Gasteiger partial charge on any atom is 0.325 e. The van der Waals surface area contributed by atoms with Gasteiger partial charge in [-0.25, -0.2) is 0 Å². The highest BCUT2D eigenvalue weighted by Crippen LogP contribution is 2.28. The van der Waals surface area contributed by atoms with Crippen molar-refractivity contribution in [1.29, 1.82) is 0 Å². The van der Waals surface area contributed by atoms with E-state index in [0.29, 0.717) is 15.1 Å². The Hall–Kier alpha value is -1.07. The number of hydrogen-bond acceptors (Lipinski definition) is 3. The third kappa shape index (κ3) is 3.98. The molecule has 6 heteroatoms. The smallest absolute Gasteiger partial charge is 0.325 e. The lowest BCUT2D eigenvalue weighted by Gasteiger charge is -2.28. The van der Waals surface area contributed by atoms with E-state index in [1.54, 1.807) is 23.1 Å². The number of carbonyl (C=O) groups is 2. The molecule has 0 unspecified atom stereocenters. The molecule has 0 spiro atoms. The van der Waals surface area contributed by atoms with E-state index in [-0.39, 0.29) is 18.5 Å². The molecule has 0 heterocycles. The number of hydrogen-bond donors (Lipinski definition) is 0. The van der Waals surface area contributed by atoms with Gasteiger partial charge in [0, 0.05) is 15.5 Å². The largest absolute Gasteiger partial charge is 0.468 e. The predicted octanol–water partition coefficient (Wildman–Crippen LogP) is 3.66. The van der Waals surface area contributed by atoms with Crippen molar-refractivity contribution in [2.45, 2.75) is 31.7 Å². The molecule has 114 valence electrons. The summed E-state index contributed by atoms with van der Waals surface area (Å²) in [6.45, 7) is -0.0288.